The Balaban J connectivity index is 2.26. The molecule has 0 saturated heterocycles. The molecule has 1 aromatic carbocycles. The van der Waals surface area contributed by atoms with Crippen LogP contribution in [0.4, 0.5) is 11.5 Å². The van der Waals surface area contributed by atoms with Crippen LogP contribution in [-0.4, -0.2) is 10.9 Å². The Bertz CT molecular complexity index is 676. The molecule has 6 heteroatoms. The lowest BCUT2D eigenvalue weighted by Crippen LogP contribution is -2.14. The molecule has 1 aromatic heterocycles. The maximum atomic E-state index is 12.3. The van der Waals surface area contributed by atoms with Gasteiger partial charge in [-0.15, -0.1) is 0 Å². The van der Waals surface area contributed by atoms with E-state index in [0.29, 0.717) is 26.6 Å². The first-order valence-electron chi connectivity index (χ1n) is 6.53. The van der Waals surface area contributed by atoms with Crippen LogP contribution in [0, 0.1) is 0 Å². The van der Waals surface area contributed by atoms with Crippen molar-refractivity contribution in [1.82, 2.24) is 4.98 Å². The molecule has 21 heavy (non-hydrogen) atoms. The van der Waals surface area contributed by atoms with Crippen molar-refractivity contribution < 1.29 is 4.79 Å². The van der Waals surface area contributed by atoms with Crippen LogP contribution in [-0.2, 0) is 6.42 Å². The number of anilines is 2. The zero-order chi connectivity index (χ0) is 15.4. The van der Waals surface area contributed by atoms with Crippen LogP contribution in [0.25, 0.3) is 0 Å². The van der Waals surface area contributed by atoms with Gasteiger partial charge in [-0.3, -0.25) is 4.79 Å². The van der Waals surface area contributed by atoms with Gasteiger partial charge in [0.05, 0.1) is 15.2 Å². The van der Waals surface area contributed by atoms with Gasteiger partial charge in [-0.25, -0.2) is 4.98 Å². The van der Waals surface area contributed by atoms with E-state index < -0.39 is 0 Å². The molecule has 1 heterocycles. The van der Waals surface area contributed by atoms with Crippen molar-refractivity contribution in [3.63, 3.8) is 0 Å². The van der Waals surface area contributed by atoms with E-state index in [9.17, 15) is 4.79 Å². The minimum Gasteiger partial charge on any atom is -0.384 e. The fourth-order valence-corrected chi connectivity index (χ4v) is 2.46. The molecule has 0 unspecified atom stereocenters. The molecule has 110 valence electrons. The van der Waals surface area contributed by atoms with Crippen molar-refractivity contribution in [1.29, 1.82) is 0 Å². The number of nitrogens with two attached hydrogens (primary N) is 1. The number of hydrogen-bond acceptors (Lipinski definition) is 3. The quantitative estimate of drug-likeness (QED) is 0.846. The Morgan fingerprint density at radius 3 is 2.90 bits per heavy atom. The summed E-state index contributed by atoms with van der Waals surface area (Å²) in [7, 11) is 0. The highest BCUT2D eigenvalue weighted by atomic mass is 79.9. The molecule has 3 N–H and O–H groups in total. The van der Waals surface area contributed by atoms with Crippen molar-refractivity contribution in [2.45, 2.75) is 19.8 Å². The van der Waals surface area contributed by atoms with Crippen molar-refractivity contribution in [3.8, 4) is 0 Å². The largest absolute Gasteiger partial charge is 0.384 e. The summed E-state index contributed by atoms with van der Waals surface area (Å²) in [6.07, 6.45) is 1.73. The van der Waals surface area contributed by atoms with E-state index in [2.05, 4.69) is 26.2 Å². The van der Waals surface area contributed by atoms with Crippen LogP contribution in [0.15, 0.2) is 34.8 Å². The molecule has 0 spiro atoms. The van der Waals surface area contributed by atoms with E-state index in [1.807, 2.05) is 6.92 Å². The molecule has 0 aliphatic carbocycles. The highest BCUT2D eigenvalue weighted by molar-refractivity contribution is 9.10. The predicted octanol–water partition coefficient (Wildman–Crippen LogP) is 4.28. The first-order chi connectivity index (χ1) is 10.0. The maximum absolute atomic E-state index is 12.3. The summed E-state index contributed by atoms with van der Waals surface area (Å²) in [5.41, 5.74) is 7.66. The van der Waals surface area contributed by atoms with Crippen LogP contribution >= 0.6 is 27.5 Å². The third-order valence-electron chi connectivity index (χ3n) is 2.87. The number of amides is 1. The van der Waals surface area contributed by atoms with Crippen molar-refractivity contribution in [3.05, 3.63) is 51.1 Å². The Hall–Kier alpha value is -1.59. The summed E-state index contributed by atoms with van der Waals surface area (Å²) < 4.78 is 0.649. The lowest BCUT2D eigenvalue weighted by atomic mass is 10.1. The van der Waals surface area contributed by atoms with E-state index in [0.717, 1.165) is 18.5 Å². The lowest BCUT2D eigenvalue weighted by Gasteiger charge is -2.10. The Morgan fingerprint density at radius 2 is 2.19 bits per heavy atom. The minimum atomic E-state index is -0.246. The van der Waals surface area contributed by atoms with Crippen molar-refractivity contribution >= 4 is 44.9 Å². The molecule has 1 amide bonds. The first kappa shape index (κ1) is 15.8. The van der Waals surface area contributed by atoms with E-state index in [1.165, 1.54) is 0 Å². The molecule has 0 bridgehead atoms. The van der Waals surface area contributed by atoms with E-state index in [-0.39, 0.29) is 5.91 Å². The summed E-state index contributed by atoms with van der Waals surface area (Å²) in [5.74, 6) is 0.0979. The fourth-order valence-electron chi connectivity index (χ4n) is 1.92. The third-order valence-corrected chi connectivity index (χ3v) is 4.26. The van der Waals surface area contributed by atoms with E-state index in [4.69, 9.17) is 17.3 Å². The minimum absolute atomic E-state index is 0.246. The summed E-state index contributed by atoms with van der Waals surface area (Å²) in [6, 6.07) is 8.60. The number of benzene rings is 1. The van der Waals surface area contributed by atoms with Gasteiger partial charge in [-0.05, 0) is 46.6 Å². The lowest BCUT2D eigenvalue weighted by molar-refractivity contribution is 0.102. The number of nitrogen functional groups attached to an aromatic ring is 1. The molecular weight excluding hydrogens is 354 g/mol. The topological polar surface area (TPSA) is 68.0 Å². The van der Waals surface area contributed by atoms with Gasteiger partial charge >= 0.3 is 0 Å². The molecule has 0 aliphatic heterocycles. The van der Waals surface area contributed by atoms with Crippen LogP contribution in [0.2, 0.25) is 5.02 Å². The van der Waals surface area contributed by atoms with Crippen LogP contribution in [0.3, 0.4) is 0 Å². The Kier molecular flexibility index (Phi) is 5.20. The van der Waals surface area contributed by atoms with Crippen molar-refractivity contribution in [2.24, 2.45) is 0 Å². The molecular formula is C15H15BrClN3O. The number of carbonyl (C=O) groups is 1. The zero-order valence-corrected chi connectivity index (χ0v) is 13.8. The number of nitrogens with zero attached hydrogens (tertiary/aromatic N) is 1. The van der Waals surface area contributed by atoms with Gasteiger partial charge < -0.3 is 11.1 Å². The summed E-state index contributed by atoms with van der Waals surface area (Å²) >= 11 is 9.36. The molecule has 2 aromatic rings. The second-order valence-corrected chi connectivity index (χ2v) is 5.78. The predicted molar refractivity (Wildman–Crippen MR) is 89.7 cm³/mol. The first-order valence-corrected chi connectivity index (χ1v) is 7.70. The molecule has 0 saturated carbocycles. The van der Waals surface area contributed by atoms with Gasteiger partial charge in [-0.2, -0.15) is 0 Å². The summed E-state index contributed by atoms with van der Waals surface area (Å²) in [4.78, 5) is 16.5. The van der Waals surface area contributed by atoms with Crippen LogP contribution in [0.5, 0.6) is 0 Å². The average Bonchev–Trinajstić information content (AvgIpc) is 2.43. The van der Waals surface area contributed by atoms with Gasteiger partial charge in [0.25, 0.3) is 5.91 Å². The molecule has 4 nitrogen and oxygen atoms in total. The number of nitrogens with one attached hydrogen (secondary N) is 1. The Labute approximate surface area is 136 Å². The Morgan fingerprint density at radius 1 is 1.43 bits per heavy atom. The normalized spacial score (nSPS) is 10.4. The second-order valence-electron chi connectivity index (χ2n) is 4.58. The maximum Gasteiger partial charge on any atom is 0.255 e. The number of hydrogen-bond donors (Lipinski definition) is 2. The highest BCUT2D eigenvalue weighted by Crippen LogP contribution is 2.30. The van der Waals surface area contributed by atoms with Gasteiger partial charge in [0, 0.05) is 11.3 Å². The van der Waals surface area contributed by atoms with Gasteiger partial charge in [0.15, 0.2) is 0 Å². The van der Waals surface area contributed by atoms with Crippen LogP contribution in [0.1, 0.15) is 29.4 Å². The molecule has 0 fully saturated rings. The zero-order valence-electron chi connectivity index (χ0n) is 11.5. The number of carbonyl (C=O) groups excluding carboxylic acids is 1. The van der Waals surface area contributed by atoms with Gasteiger partial charge in [0.2, 0.25) is 0 Å². The molecule has 0 atom stereocenters. The fraction of sp³-hybridized carbons (Fsp3) is 0.200. The molecule has 2 rings (SSSR count). The number of halogens is 2. The monoisotopic (exact) mass is 367 g/mol. The number of aryl methyl sites for hydroxylation is 1. The molecule has 0 aliphatic rings. The van der Waals surface area contributed by atoms with E-state index >= 15 is 0 Å². The SMILES string of the molecule is CCCc1cc(C(=O)Nc2cccc(Cl)c2Br)cc(N)n1. The number of rotatable bonds is 4. The summed E-state index contributed by atoms with van der Waals surface area (Å²) in [5, 5.41) is 3.35. The number of pyridine rings is 1. The number of aromatic nitrogens is 1. The van der Waals surface area contributed by atoms with Gasteiger partial charge in [-0.1, -0.05) is 31.0 Å². The average molecular weight is 369 g/mol. The third kappa shape index (κ3) is 3.95. The van der Waals surface area contributed by atoms with Gasteiger partial charge in [0.1, 0.15) is 5.82 Å². The van der Waals surface area contributed by atoms with E-state index in [1.54, 1.807) is 30.3 Å². The second kappa shape index (κ2) is 6.91. The standard InChI is InChI=1S/C15H15BrClN3O/c1-2-4-10-7-9(8-13(18)19-10)15(21)20-12-6-3-5-11(17)14(12)16/h3,5-8H,2,4H2,1H3,(H2,18,19)(H,20,21). The molecule has 0 radical (unpaired) electrons. The van der Waals surface area contributed by atoms with Crippen molar-refractivity contribution in [2.75, 3.05) is 11.1 Å². The summed E-state index contributed by atoms with van der Waals surface area (Å²) in [6.45, 7) is 2.05. The van der Waals surface area contributed by atoms with Crippen LogP contribution < -0.4 is 11.1 Å². The smallest absolute Gasteiger partial charge is 0.255 e. The highest BCUT2D eigenvalue weighted by Gasteiger charge is 2.12.